The van der Waals surface area contributed by atoms with Crippen molar-refractivity contribution in [3.8, 4) is 0 Å². The first-order valence-corrected chi connectivity index (χ1v) is 5.52. The fraction of sp³-hybridized carbons (Fsp3) is 0.538. The number of benzene rings is 1. The van der Waals surface area contributed by atoms with Crippen molar-refractivity contribution < 1.29 is 0 Å². The highest BCUT2D eigenvalue weighted by Crippen LogP contribution is 2.13. The number of hydrogen-bond acceptors (Lipinski definition) is 1. The molecular formula is C13H22ClN. The Labute approximate surface area is 99.7 Å². The van der Waals surface area contributed by atoms with Gasteiger partial charge >= 0.3 is 0 Å². The van der Waals surface area contributed by atoms with E-state index in [-0.39, 0.29) is 12.4 Å². The standard InChI is InChI=1S/C13H21N.ClH/c1-4-12(3)14-10-11(2)13-8-6-5-7-9-13;/h5-9,11-12,14H,4,10H2,1-3H3;1H. The van der Waals surface area contributed by atoms with Gasteiger partial charge in [0.05, 0.1) is 0 Å². The van der Waals surface area contributed by atoms with Crippen LogP contribution in [0.2, 0.25) is 0 Å². The van der Waals surface area contributed by atoms with E-state index >= 15 is 0 Å². The summed E-state index contributed by atoms with van der Waals surface area (Å²) in [5, 5.41) is 3.53. The summed E-state index contributed by atoms with van der Waals surface area (Å²) < 4.78 is 0. The second-order valence-electron chi connectivity index (χ2n) is 4.03. The molecule has 1 rings (SSSR count). The lowest BCUT2D eigenvalue weighted by Crippen LogP contribution is -2.28. The second kappa shape index (κ2) is 7.72. The molecule has 0 fully saturated rings. The third-order valence-corrected chi connectivity index (χ3v) is 2.75. The predicted molar refractivity (Wildman–Crippen MR) is 69.9 cm³/mol. The Morgan fingerprint density at radius 3 is 2.27 bits per heavy atom. The van der Waals surface area contributed by atoms with Crippen LogP contribution in [0.15, 0.2) is 30.3 Å². The molecule has 2 atom stereocenters. The number of hydrogen-bond donors (Lipinski definition) is 1. The molecule has 0 aliphatic carbocycles. The zero-order valence-electron chi connectivity index (χ0n) is 9.86. The van der Waals surface area contributed by atoms with Gasteiger partial charge in [-0.2, -0.15) is 0 Å². The summed E-state index contributed by atoms with van der Waals surface area (Å²) in [7, 11) is 0. The first-order valence-electron chi connectivity index (χ1n) is 5.52. The smallest absolute Gasteiger partial charge is 0.00363 e. The summed E-state index contributed by atoms with van der Waals surface area (Å²) in [5.41, 5.74) is 1.42. The van der Waals surface area contributed by atoms with Crippen molar-refractivity contribution in [2.75, 3.05) is 6.54 Å². The molecule has 1 N–H and O–H groups in total. The van der Waals surface area contributed by atoms with Crippen molar-refractivity contribution in [3.05, 3.63) is 35.9 Å². The molecule has 1 nitrogen and oxygen atoms in total. The lowest BCUT2D eigenvalue weighted by Gasteiger charge is -2.16. The van der Waals surface area contributed by atoms with Gasteiger partial charge < -0.3 is 5.32 Å². The van der Waals surface area contributed by atoms with Gasteiger partial charge in [-0.3, -0.25) is 0 Å². The Morgan fingerprint density at radius 2 is 1.73 bits per heavy atom. The van der Waals surface area contributed by atoms with Gasteiger partial charge in [-0.25, -0.2) is 0 Å². The van der Waals surface area contributed by atoms with E-state index in [1.807, 2.05) is 0 Å². The van der Waals surface area contributed by atoms with Crippen molar-refractivity contribution in [1.29, 1.82) is 0 Å². The zero-order valence-corrected chi connectivity index (χ0v) is 10.7. The molecule has 0 heterocycles. The molecule has 86 valence electrons. The van der Waals surface area contributed by atoms with Gasteiger partial charge in [0.2, 0.25) is 0 Å². The Morgan fingerprint density at radius 1 is 1.13 bits per heavy atom. The molecule has 1 aromatic carbocycles. The minimum absolute atomic E-state index is 0. The maximum absolute atomic E-state index is 3.53. The third-order valence-electron chi connectivity index (χ3n) is 2.75. The van der Waals surface area contributed by atoms with Gasteiger partial charge in [0, 0.05) is 12.6 Å². The average molecular weight is 228 g/mol. The molecule has 0 saturated heterocycles. The lowest BCUT2D eigenvalue weighted by molar-refractivity contribution is 0.508. The molecule has 0 spiro atoms. The minimum atomic E-state index is 0. The summed E-state index contributed by atoms with van der Waals surface area (Å²) in [6.07, 6.45) is 1.20. The maximum atomic E-state index is 3.53. The van der Waals surface area contributed by atoms with Crippen molar-refractivity contribution in [2.45, 2.75) is 39.2 Å². The average Bonchev–Trinajstić information content (AvgIpc) is 2.26. The van der Waals surface area contributed by atoms with E-state index in [0.29, 0.717) is 12.0 Å². The van der Waals surface area contributed by atoms with Gasteiger partial charge in [0.25, 0.3) is 0 Å². The van der Waals surface area contributed by atoms with Gasteiger partial charge in [0.1, 0.15) is 0 Å². The summed E-state index contributed by atoms with van der Waals surface area (Å²) in [5.74, 6) is 0.602. The van der Waals surface area contributed by atoms with Gasteiger partial charge in [-0.15, -0.1) is 12.4 Å². The van der Waals surface area contributed by atoms with E-state index in [1.165, 1.54) is 12.0 Å². The monoisotopic (exact) mass is 227 g/mol. The molecule has 0 bridgehead atoms. The van der Waals surface area contributed by atoms with Crippen LogP contribution in [0.1, 0.15) is 38.7 Å². The summed E-state index contributed by atoms with van der Waals surface area (Å²) in [6, 6.07) is 11.3. The molecule has 0 radical (unpaired) electrons. The summed E-state index contributed by atoms with van der Waals surface area (Å²) in [6.45, 7) is 7.78. The Balaban J connectivity index is 0.00000196. The normalized spacial score (nSPS) is 14.1. The van der Waals surface area contributed by atoms with E-state index in [0.717, 1.165) is 6.54 Å². The number of halogens is 1. The first-order chi connectivity index (χ1) is 6.74. The van der Waals surface area contributed by atoms with E-state index in [4.69, 9.17) is 0 Å². The SMILES string of the molecule is CCC(C)NCC(C)c1ccccc1.Cl. The van der Waals surface area contributed by atoms with E-state index < -0.39 is 0 Å². The Bertz CT molecular complexity index is 248. The van der Waals surface area contributed by atoms with Crippen LogP contribution < -0.4 is 5.32 Å². The van der Waals surface area contributed by atoms with Crippen LogP contribution in [-0.4, -0.2) is 12.6 Å². The third kappa shape index (κ3) is 5.19. The molecule has 0 aromatic heterocycles. The highest BCUT2D eigenvalue weighted by atomic mass is 35.5. The largest absolute Gasteiger partial charge is 0.314 e. The molecule has 0 saturated carbocycles. The van der Waals surface area contributed by atoms with Crippen molar-refractivity contribution in [1.82, 2.24) is 5.32 Å². The molecule has 0 aliphatic heterocycles. The van der Waals surface area contributed by atoms with Crippen LogP contribution in [-0.2, 0) is 0 Å². The molecule has 2 heteroatoms. The summed E-state index contributed by atoms with van der Waals surface area (Å²) >= 11 is 0. The van der Waals surface area contributed by atoms with Crippen LogP contribution in [0.5, 0.6) is 0 Å². The van der Waals surface area contributed by atoms with Crippen molar-refractivity contribution in [3.63, 3.8) is 0 Å². The quantitative estimate of drug-likeness (QED) is 0.811. The highest BCUT2D eigenvalue weighted by molar-refractivity contribution is 5.85. The first kappa shape index (κ1) is 14.5. The van der Waals surface area contributed by atoms with Gasteiger partial charge in [-0.1, -0.05) is 44.2 Å². The van der Waals surface area contributed by atoms with E-state index in [9.17, 15) is 0 Å². The lowest BCUT2D eigenvalue weighted by atomic mass is 10.0. The van der Waals surface area contributed by atoms with E-state index in [1.54, 1.807) is 0 Å². The Hall–Kier alpha value is -0.530. The Kier molecular flexibility index (Phi) is 7.45. The highest BCUT2D eigenvalue weighted by Gasteiger charge is 2.05. The van der Waals surface area contributed by atoms with Crippen molar-refractivity contribution >= 4 is 12.4 Å². The molecule has 15 heavy (non-hydrogen) atoms. The number of rotatable bonds is 5. The van der Waals surface area contributed by atoms with Crippen LogP contribution in [0.3, 0.4) is 0 Å². The molecular weight excluding hydrogens is 206 g/mol. The van der Waals surface area contributed by atoms with Crippen molar-refractivity contribution in [2.24, 2.45) is 0 Å². The van der Waals surface area contributed by atoms with Gasteiger partial charge in [-0.05, 0) is 24.8 Å². The van der Waals surface area contributed by atoms with E-state index in [2.05, 4.69) is 56.4 Å². The van der Waals surface area contributed by atoms with Crippen LogP contribution >= 0.6 is 12.4 Å². The predicted octanol–water partition coefficient (Wildman–Crippen LogP) is 3.60. The summed E-state index contributed by atoms with van der Waals surface area (Å²) in [4.78, 5) is 0. The minimum Gasteiger partial charge on any atom is -0.314 e. The maximum Gasteiger partial charge on any atom is 0.00363 e. The fourth-order valence-electron chi connectivity index (χ4n) is 1.42. The topological polar surface area (TPSA) is 12.0 Å². The van der Waals surface area contributed by atoms with Crippen LogP contribution in [0.4, 0.5) is 0 Å². The second-order valence-corrected chi connectivity index (χ2v) is 4.03. The van der Waals surface area contributed by atoms with Gasteiger partial charge in [0.15, 0.2) is 0 Å². The van der Waals surface area contributed by atoms with Crippen LogP contribution in [0, 0.1) is 0 Å². The molecule has 1 aromatic rings. The van der Waals surface area contributed by atoms with Crippen LogP contribution in [0.25, 0.3) is 0 Å². The molecule has 0 aliphatic rings. The number of nitrogens with one attached hydrogen (secondary N) is 1. The molecule has 0 amide bonds. The fourth-order valence-corrected chi connectivity index (χ4v) is 1.42. The zero-order chi connectivity index (χ0) is 10.4. The molecule has 2 unspecified atom stereocenters.